The van der Waals surface area contributed by atoms with E-state index in [2.05, 4.69) is 15.1 Å². The van der Waals surface area contributed by atoms with E-state index in [1.807, 2.05) is 51.9 Å². The molecular weight excluding hydrogens is 481 g/mol. The maximum Gasteiger partial charge on any atom is 0.253 e. The maximum atomic E-state index is 13.6. The van der Waals surface area contributed by atoms with Crippen LogP contribution >= 0.6 is 11.6 Å². The van der Waals surface area contributed by atoms with Gasteiger partial charge in [-0.3, -0.25) is 9.36 Å². The third-order valence-electron chi connectivity index (χ3n) is 6.48. The van der Waals surface area contributed by atoms with Crippen molar-refractivity contribution in [2.45, 2.75) is 18.8 Å². The number of fused-ring (bicyclic) bond motifs is 1. The number of hydrogen-bond donors (Lipinski definition) is 0. The summed E-state index contributed by atoms with van der Waals surface area (Å²) in [5, 5.41) is 4.68. The zero-order valence-electron chi connectivity index (χ0n) is 19.1. The van der Waals surface area contributed by atoms with Crippen LogP contribution in [0.25, 0.3) is 28.1 Å². The average Bonchev–Trinajstić information content (AvgIpc) is 3.56. The van der Waals surface area contributed by atoms with E-state index in [1.54, 1.807) is 18.5 Å². The maximum absolute atomic E-state index is 13.6. The van der Waals surface area contributed by atoms with Gasteiger partial charge in [-0.15, -0.1) is 0 Å². The number of rotatable bonds is 4. The molecule has 1 fully saturated rings. The second-order valence-electron chi connectivity index (χ2n) is 8.85. The van der Waals surface area contributed by atoms with E-state index < -0.39 is 0 Å². The lowest BCUT2D eigenvalue weighted by molar-refractivity contribution is 0.0696. The minimum atomic E-state index is -0.359. The minimum Gasteiger partial charge on any atom is -0.339 e. The van der Waals surface area contributed by atoms with Crippen LogP contribution in [0.2, 0.25) is 5.02 Å². The number of benzene rings is 3. The van der Waals surface area contributed by atoms with E-state index in [1.165, 1.54) is 12.1 Å². The first kappa shape index (κ1) is 22.4. The molecular formula is C27H21ClFN5O2. The summed E-state index contributed by atoms with van der Waals surface area (Å²) < 4.78 is 21.0. The van der Waals surface area contributed by atoms with Crippen molar-refractivity contribution in [3.8, 4) is 17.1 Å². The normalized spacial score (nSPS) is 15.9. The molecule has 1 amide bonds. The molecule has 7 nitrogen and oxygen atoms in total. The molecule has 1 atom stereocenters. The topological polar surface area (TPSA) is 77.1 Å². The molecule has 0 spiro atoms. The van der Waals surface area contributed by atoms with Gasteiger partial charge in [0.15, 0.2) is 0 Å². The van der Waals surface area contributed by atoms with Gasteiger partial charge in [0.25, 0.3) is 5.91 Å². The van der Waals surface area contributed by atoms with Crippen LogP contribution in [-0.4, -0.2) is 43.6 Å². The first-order valence-electron chi connectivity index (χ1n) is 11.7. The predicted molar refractivity (Wildman–Crippen MR) is 134 cm³/mol. The highest BCUT2D eigenvalue weighted by Crippen LogP contribution is 2.29. The zero-order chi connectivity index (χ0) is 24.6. The number of imidazole rings is 1. The summed E-state index contributed by atoms with van der Waals surface area (Å²) in [7, 11) is 0. The smallest absolute Gasteiger partial charge is 0.253 e. The molecule has 0 aliphatic carbocycles. The summed E-state index contributed by atoms with van der Waals surface area (Å²) in [5.74, 6) is 0.302. The van der Waals surface area contributed by atoms with E-state index in [0.717, 1.165) is 29.6 Å². The SMILES string of the molecule is O=C(c1ccc2ncn(-c3ccc(Cl)cc3)c2c1)N1CCCC(c2nc(-c3cccc(F)c3)no2)C1. The van der Waals surface area contributed by atoms with E-state index in [4.69, 9.17) is 16.1 Å². The van der Waals surface area contributed by atoms with Gasteiger partial charge >= 0.3 is 0 Å². The molecule has 3 heterocycles. The van der Waals surface area contributed by atoms with Crippen molar-refractivity contribution < 1.29 is 13.7 Å². The highest BCUT2D eigenvalue weighted by atomic mass is 35.5. The molecule has 0 N–H and O–H groups in total. The Kier molecular flexibility index (Phi) is 5.73. The Labute approximate surface area is 211 Å². The summed E-state index contributed by atoms with van der Waals surface area (Å²) in [6, 6.07) is 19.1. The fraction of sp³-hybridized carbons (Fsp3) is 0.185. The molecule has 1 unspecified atom stereocenters. The lowest BCUT2D eigenvalue weighted by atomic mass is 9.97. The minimum absolute atomic E-state index is 0.0599. The number of piperidine rings is 1. The molecule has 2 aromatic heterocycles. The first-order chi connectivity index (χ1) is 17.5. The van der Waals surface area contributed by atoms with Crippen molar-refractivity contribution in [3.05, 3.63) is 95.4 Å². The van der Waals surface area contributed by atoms with Crippen molar-refractivity contribution in [1.29, 1.82) is 0 Å². The van der Waals surface area contributed by atoms with Gasteiger partial charge in [0.1, 0.15) is 12.1 Å². The largest absolute Gasteiger partial charge is 0.339 e. The van der Waals surface area contributed by atoms with Gasteiger partial charge in [-0.25, -0.2) is 9.37 Å². The molecule has 3 aromatic carbocycles. The van der Waals surface area contributed by atoms with Gasteiger partial charge < -0.3 is 9.42 Å². The molecule has 6 rings (SSSR count). The summed E-state index contributed by atoms with van der Waals surface area (Å²) in [5.41, 5.74) is 3.70. The number of halogens is 2. The Bertz CT molecular complexity index is 1560. The predicted octanol–water partition coefficient (Wildman–Crippen LogP) is 5.89. The van der Waals surface area contributed by atoms with E-state index in [-0.39, 0.29) is 17.6 Å². The fourth-order valence-electron chi connectivity index (χ4n) is 4.64. The number of carbonyl (C=O) groups excluding carboxylic acids is 1. The van der Waals surface area contributed by atoms with Crippen LogP contribution in [-0.2, 0) is 0 Å². The highest BCUT2D eigenvalue weighted by Gasteiger charge is 2.29. The Morgan fingerprint density at radius 1 is 1.08 bits per heavy atom. The Morgan fingerprint density at radius 3 is 2.78 bits per heavy atom. The van der Waals surface area contributed by atoms with Crippen molar-refractivity contribution in [3.63, 3.8) is 0 Å². The molecule has 1 saturated heterocycles. The second kappa shape index (κ2) is 9.20. The lowest BCUT2D eigenvalue weighted by Gasteiger charge is -2.31. The summed E-state index contributed by atoms with van der Waals surface area (Å²) in [6.07, 6.45) is 3.39. The van der Waals surface area contributed by atoms with Crippen LogP contribution in [0.1, 0.15) is 35.0 Å². The van der Waals surface area contributed by atoms with Gasteiger partial charge in [-0.05, 0) is 67.4 Å². The first-order valence-corrected chi connectivity index (χ1v) is 12.0. The van der Waals surface area contributed by atoms with Gasteiger partial charge in [-0.2, -0.15) is 4.98 Å². The van der Waals surface area contributed by atoms with Crippen molar-refractivity contribution >= 4 is 28.5 Å². The molecule has 1 aliphatic heterocycles. The third kappa shape index (κ3) is 4.24. The highest BCUT2D eigenvalue weighted by molar-refractivity contribution is 6.30. The monoisotopic (exact) mass is 501 g/mol. The average molecular weight is 502 g/mol. The number of amides is 1. The molecule has 0 bridgehead atoms. The van der Waals surface area contributed by atoms with Gasteiger partial charge in [0.05, 0.1) is 17.0 Å². The van der Waals surface area contributed by atoms with Gasteiger partial charge in [0.2, 0.25) is 11.7 Å². The van der Waals surface area contributed by atoms with E-state index in [0.29, 0.717) is 41.0 Å². The van der Waals surface area contributed by atoms with Gasteiger partial charge in [-0.1, -0.05) is 28.9 Å². The van der Waals surface area contributed by atoms with Crippen LogP contribution < -0.4 is 0 Å². The second-order valence-corrected chi connectivity index (χ2v) is 9.29. The van der Waals surface area contributed by atoms with E-state index >= 15 is 0 Å². The van der Waals surface area contributed by atoms with Crippen LogP contribution in [0.3, 0.4) is 0 Å². The van der Waals surface area contributed by atoms with Gasteiger partial charge in [0, 0.05) is 34.9 Å². The fourth-order valence-corrected chi connectivity index (χ4v) is 4.77. The van der Waals surface area contributed by atoms with Crippen molar-refractivity contribution in [2.75, 3.05) is 13.1 Å². The van der Waals surface area contributed by atoms with Crippen LogP contribution in [0, 0.1) is 5.82 Å². The molecule has 0 saturated carbocycles. The standard InChI is InChI=1S/C27H21ClFN5O2/c28-20-7-9-22(10-8-20)34-16-30-23-11-6-18(14-24(23)34)27(35)33-12-2-4-19(15-33)26-31-25(32-36-26)17-3-1-5-21(29)13-17/h1,3,5-11,13-14,16,19H,2,4,12,15H2. The number of hydrogen-bond acceptors (Lipinski definition) is 5. The quantitative estimate of drug-likeness (QED) is 0.307. The number of likely N-dealkylation sites (tertiary alicyclic amines) is 1. The number of aromatic nitrogens is 4. The number of carbonyl (C=O) groups is 1. The molecule has 9 heteroatoms. The summed E-state index contributed by atoms with van der Waals surface area (Å²) in [6.45, 7) is 1.12. The Balaban J connectivity index is 1.23. The van der Waals surface area contributed by atoms with Crippen LogP contribution in [0.15, 0.2) is 77.6 Å². The van der Waals surface area contributed by atoms with Crippen molar-refractivity contribution in [1.82, 2.24) is 24.6 Å². The van der Waals surface area contributed by atoms with Crippen molar-refractivity contribution in [2.24, 2.45) is 0 Å². The third-order valence-corrected chi connectivity index (χ3v) is 6.73. The summed E-state index contributed by atoms with van der Waals surface area (Å²) in [4.78, 5) is 24.3. The Morgan fingerprint density at radius 2 is 1.94 bits per heavy atom. The van der Waals surface area contributed by atoms with Crippen LogP contribution in [0.4, 0.5) is 4.39 Å². The number of nitrogens with zero attached hydrogens (tertiary/aromatic N) is 5. The summed E-state index contributed by atoms with van der Waals surface area (Å²) >= 11 is 6.03. The van der Waals surface area contributed by atoms with E-state index in [9.17, 15) is 9.18 Å². The lowest BCUT2D eigenvalue weighted by Crippen LogP contribution is -2.39. The molecule has 180 valence electrons. The molecule has 0 radical (unpaired) electrons. The Hall–Kier alpha value is -4.04. The molecule has 1 aliphatic rings. The molecule has 5 aromatic rings. The molecule has 36 heavy (non-hydrogen) atoms. The zero-order valence-corrected chi connectivity index (χ0v) is 19.9. The van der Waals surface area contributed by atoms with Crippen LogP contribution in [0.5, 0.6) is 0 Å².